The monoisotopic (exact) mass is 260 g/mol. The van der Waals surface area contributed by atoms with E-state index in [2.05, 4.69) is 5.32 Å². The highest BCUT2D eigenvalue weighted by Gasteiger charge is 2.25. The average Bonchev–Trinajstić information content (AvgIpc) is 2.35. The van der Waals surface area contributed by atoms with Gasteiger partial charge < -0.3 is 20.9 Å². The predicted octanol–water partition coefficient (Wildman–Crippen LogP) is 0.356. The molecule has 0 saturated heterocycles. The molecule has 0 bridgehead atoms. The van der Waals surface area contributed by atoms with E-state index >= 15 is 0 Å². The summed E-state index contributed by atoms with van der Waals surface area (Å²) in [6.07, 6.45) is 1.68. The van der Waals surface area contributed by atoms with Gasteiger partial charge in [0.2, 0.25) is 5.91 Å². The van der Waals surface area contributed by atoms with Gasteiger partial charge in [0.1, 0.15) is 6.04 Å². The van der Waals surface area contributed by atoms with Gasteiger partial charge in [-0.05, 0) is 18.8 Å². The minimum absolute atomic E-state index is 0.0263. The van der Waals surface area contributed by atoms with E-state index in [9.17, 15) is 9.59 Å². The summed E-state index contributed by atoms with van der Waals surface area (Å²) in [5.74, 6) is -1.43. The third kappa shape index (κ3) is 5.97. The van der Waals surface area contributed by atoms with Crippen LogP contribution in [0, 0.1) is 5.92 Å². The normalized spacial score (nSPS) is 15.8. The third-order valence-corrected chi connectivity index (χ3v) is 3.02. The fourth-order valence-corrected chi connectivity index (χ4v) is 1.47. The van der Waals surface area contributed by atoms with E-state index in [0.717, 1.165) is 6.42 Å². The van der Waals surface area contributed by atoms with Crippen LogP contribution in [0.4, 0.5) is 0 Å². The molecule has 4 N–H and O–H groups in total. The number of aliphatic carboxylic acids is 1. The Kier molecular flexibility index (Phi) is 8.32. The molecule has 0 aliphatic rings. The summed E-state index contributed by atoms with van der Waals surface area (Å²) in [5, 5.41) is 11.5. The molecule has 0 saturated carbocycles. The Morgan fingerprint density at radius 1 is 1.44 bits per heavy atom. The maximum absolute atomic E-state index is 11.8. The Morgan fingerprint density at radius 3 is 2.50 bits per heavy atom. The van der Waals surface area contributed by atoms with Crippen molar-refractivity contribution in [2.45, 2.75) is 45.2 Å². The number of ether oxygens (including phenoxy) is 1. The van der Waals surface area contributed by atoms with Gasteiger partial charge in [-0.15, -0.1) is 0 Å². The van der Waals surface area contributed by atoms with E-state index in [1.807, 2.05) is 13.8 Å². The lowest BCUT2D eigenvalue weighted by Gasteiger charge is -2.21. The van der Waals surface area contributed by atoms with Crippen LogP contribution in [0.25, 0.3) is 0 Å². The Labute approximate surface area is 108 Å². The van der Waals surface area contributed by atoms with Crippen molar-refractivity contribution in [2.24, 2.45) is 11.7 Å². The smallest absolute Gasteiger partial charge is 0.326 e. The van der Waals surface area contributed by atoms with Gasteiger partial charge in [0.05, 0.1) is 6.04 Å². The maximum Gasteiger partial charge on any atom is 0.326 e. The Morgan fingerprint density at radius 2 is 2.06 bits per heavy atom. The van der Waals surface area contributed by atoms with Crippen LogP contribution in [0.3, 0.4) is 0 Å². The molecule has 0 rings (SSSR count). The van der Waals surface area contributed by atoms with Gasteiger partial charge >= 0.3 is 5.97 Å². The summed E-state index contributed by atoms with van der Waals surface area (Å²) < 4.78 is 4.85. The Bertz CT molecular complexity index is 271. The highest BCUT2D eigenvalue weighted by atomic mass is 16.5. The van der Waals surface area contributed by atoms with E-state index in [4.69, 9.17) is 15.6 Å². The summed E-state index contributed by atoms with van der Waals surface area (Å²) in [6, 6.07) is -1.57. The zero-order chi connectivity index (χ0) is 14.1. The highest BCUT2D eigenvalue weighted by molar-refractivity contribution is 5.86. The molecule has 0 heterocycles. The molecule has 0 aromatic carbocycles. The van der Waals surface area contributed by atoms with Crippen LogP contribution in [-0.4, -0.2) is 42.8 Å². The second-order valence-electron chi connectivity index (χ2n) is 4.45. The number of carboxylic acid groups (broad SMARTS) is 1. The van der Waals surface area contributed by atoms with Crippen molar-refractivity contribution in [3.63, 3.8) is 0 Å². The van der Waals surface area contributed by atoms with Crippen LogP contribution in [-0.2, 0) is 14.3 Å². The fourth-order valence-electron chi connectivity index (χ4n) is 1.47. The van der Waals surface area contributed by atoms with Crippen molar-refractivity contribution < 1.29 is 19.4 Å². The number of carboxylic acids is 1. The molecule has 6 heteroatoms. The molecule has 0 aromatic rings. The number of carbonyl (C=O) groups is 2. The molecule has 6 nitrogen and oxygen atoms in total. The molecule has 2 unspecified atom stereocenters. The SMILES string of the molecule is CCC(C)[C@H](N)C(=O)NC(CCCOC)C(=O)O. The number of rotatable bonds is 9. The van der Waals surface area contributed by atoms with Gasteiger partial charge in [0.25, 0.3) is 0 Å². The van der Waals surface area contributed by atoms with E-state index in [1.54, 1.807) is 7.11 Å². The molecule has 0 aromatic heterocycles. The summed E-state index contributed by atoms with van der Waals surface area (Å²) in [6.45, 7) is 4.27. The molecule has 0 spiro atoms. The van der Waals surface area contributed by atoms with Gasteiger partial charge in [-0.3, -0.25) is 4.79 Å². The van der Waals surface area contributed by atoms with Crippen molar-refractivity contribution in [3.05, 3.63) is 0 Å². The van der Waals surface area contributed by atoms with E-state index in [1.165, 1.54) is 0 Å². The number of hydrogen-bond donors (Lipinski definition) is 3. The molecule has 18 heavy (non-hydrogen) atoms. The standard InChI is InChI=1S/C12H24N2O4/c1-4-8(2)10(13)11(15)14-9(12(16)17)6-5-7-18-3/h8-10H,4-7,13H2,1-3H3,(H,14,15)(H,16,17)/t8?,9?,10-/m0/s1. The minimum atomic E-state index is -1.05. The molecule has 0 fully saturated rings. The van der Waals surface area contributed by atoms with Crippen LogP contribution >= 0.6 is 0 Å². The molecule has 0 radical (unpaired) electrons. The number of methoxy groups -OCH3 is 1. The first-order chi connectivity index (χ1) is 8.43. The second kappa shape index (κ2) is 8.88. The van der Waals surface area contributed by atoms with Gasteiger partial charge in [0.15, 0.2) is 0 Å². The summed E-state index contributed by atoms with van der Waals surface area (Å²) in [5.41, 5.74) is 5.74. The molecular formula is C12H24N2O4. The lowest BCUT2D eigenvalue weighted by Crippen LogP contribution is -2.50. The van der Waals surface area contributed by atoms with Crippen molar-refractivity contribution >= 4 is 11.9 Å². The first-order valence-electron chi connectivity index (χ1n) is 6.21. The van der Waals surface area contributed by atoms with Gasteiger partial charge in [-0.25, -0.2) is 4.79 Å². The summed E-state index contributed by atoms with van der Waals surface area (Å²) in [7, 11) is 1.55. The molecule has 106 valence electrons. The van der Waals surface area contributed by atoms with Crippen LogP contribution in [0.5, 0.6) is 0 Å². The molecule has 1 amide bonds. The topological polar surface area (TPSA) is 102 Å². The van der Waals surface area contributed by atoms with Crippen molar-refractivity contribution in [1.29, 1.82) is 0 Å². The molecular weight excluding hydrogens is 236 g/mol. The summed E-state index contributed by atoms with van der Waals surface area (Å²) in [4.78, 5) is 22.8. The number of carbonyl (C=O) groups excluding carboxylic acids is 1. The quantitative estimate of drug-likeness (QED) is 0.519. The van der Waals surface area contributed by atoms with Crippen LogP contribution in [0.15, 0.2) is 0 Å². The molecule has 3 atom stereocenters. The van der Waals surface area contributed by atoms with Crippen LogP contribution < -0.4 is 11.1 Å². The van der Waals surface area contributed by atoms with E-state index in [-0.39, 0.29) is 5.92 Å². The highest BCUT2D eigenvalue weighted by Crippen LogP contribution is 2.06. The third-order valence-electron chi connectivity index (χ3n) is 3.02. The number of hydrogen-bond acceptors (Lipinski definition) is 4. The second-order valence-corrected chi connectivity index (χ2v) is 4.45. The lowest BCUT2D eigenvalue weighted by atomic mass is 9.99. The molecule has 0 aliphatic heterocycles. The number of amides is 1. The van der Waals surface area contributed by atoms with Crippen LogP contribution in [0.2, 0.25) is 0 Å². The van der Waals surface area contributed by atoms with Crippen LogP contribution in [0.1, 0.15) is 33.1 Å². The Balaban J connectivity index is 4.31. The Hall–Kier alpha value is -1.14. The van der Waals surface area contributed by atoms with Gasteiger partial charge in [0, 0.05) is 13.7 Å². The van der Waals surface area contributed by atoms with Gasteiger partial charge in [-0.1, -0.05) is 20.3 Å². The first-order valence-corrected chi connectivity index (χ1v) is 6.21. The van der Waals surface area contributed by atoms with Gasteiger partial charge in [-0.2, -0.15) is 0 Å². The predicted molar refractivity (Wildman–Crippen MR) is 68.1 cm³/mol. The number of nitrogens with one attached hydrogen (secondary N) is 1. The van der Waals surface area contributed by atoms with E-state index < -0.39 is 24.0 Å². The maximum atomic E-state index is 11.8. The zero-order valence-electron chi connectivity index (χ0n) is 11.3. The molecule has 0 aliphatic carbocycles. The van der Waals surface area contributed by atoms with E-state index in [0.29, 0.717) is 19.4 Å². The number of nitrogens with two attached hydrogens (primary N) is 1. The van der Waals surface area contributed by atoms with Crippen molar-refractivity contribution in [3.8, 4) is 0 Å². The first kappa shape index (κ1) is 16.9. The van der Waals surface area contributed by atoms with Crippen molar-refractivity contribution in [2.75, 3.05) is 13.7 Å². The average molecular weight is 260 g/mol. The minimum Gasteiger partial charge on any atom is -0.480 e. The van der Waals surface area contributed by atoms with Crippen molar-refractivity contribution in [1.82, 2.24) is 5.32 Å². The fraction of sp³-hybridized carbons (Fsp3) is 0.833. The summed E-state index contributed by atoms with van der Waals surface area (Å²) >= 11 is 0. The lowest BCUT2D eigenvalue weighted by molar-refractivity contribution is -0.142. The zero-order valence-corrected chi connectivity index (χ0v) is 11.3. The largest absolute Gasteiger partial charge is 0.480 e.